The zero-order valence-electron chi connectivity index (χ0n) is 10.2. The van der Waals surface area contributed by atoms with Gasteiger partial charge in [-0.15, -0.1) is 0 Å². The smallest absolute Gasteiger partial charge is 0.236 e. The Morgan fingerprint density at radius 2 is 1.50 bits per heavy atom. The number of amides is 2. The lowest BCUT2D eigenvalue weighted by molar-refractivity contribution is -0.145. The molecule has 2 saturated heterocycles. The Balaban J connectivity index is 1.63. The first-order valence-corrected chi connectivity index (χ1v) is 6.98. The third-order valence-electron chi connectivity index (χ3n) is 4.88. The summed E-state index contributed by atoms with van der Waals surface area (Å²) < 4.78 is 5.64. The van der Waals surface area contributed by atoms with Gasteiger partial charge >= 0.3 is 0 Å². The van der Waals surface area contributed by atoms with Crippen LogP contribution in [0.4, 0.5) is 0 Å². The number of hydrogen-bond acceptors (Lipinski definition) is 3. The Labute approximate surface area is 106 Å². The van der Waals surface area contributed by atoms with E-state index < -0.39 is 0 Å². The zero-order chi connectivity index (χ0) is 12.3. The van der Waals surface area contributed by atoms with Crippen molar-refractivity contribution in [2.24, 2.45) is 11.8 Å². The molecule has 96 valence electrons. The first-order chi connectivity index (χ1) is 8.77. The number of ether oxygens (including phenoxy) is 1. The van der Waals surface area contributed by atoms with E-state index in [0.717, 1.165) is 25.7 Å². The van der Waals surface area contributed by atoms with Crippen molar-refractivity contribution in [2.45, 2.75) is 50.4 Å². The van der Waals surface area contributed by atoms with E-state index in [1.807, 2.05) is 12.2 Å². The highest BCUT2D eigenvalue weighted by Crippen LogP contribution is 2.46. The van der Waals surface area contributed by atoms with Crippen molar-refractivity contribution in [3.8, 4) is 0 Å². The molecule has 4 nitrogen and oxygen atoms in total. The Bertz CT molecular complexity index is 408. The second-order valence-electron chi connectivity index (χ2n) is 5.84. The third kappa shape index (κ3) is 1.24. The summed E-state index contributed by atoms with van der Waals surface area (Å²) in [5.74, 6) is -0.411. The molecule has 4 aliphatic rings. The van der Waals surface area contributed by atoms with Crippen molar-refractivity contribution in [3.63, 3.8) is 0 Å². The van der Waals surface area contributed by atoms with Crippen LogP contribution in [0.1, 0.15) is 32.1 Å². The van der Waals surface area contributed by atoms with E-state index in [-0.39, 0.29) is 41.9 Å². The summed E-state index contributed by atoms with van der Waals surface area (Å²) in [7, 11) is 0. The second kappa shape index (κ2) is 3.67. The maximum absolute atomic E-state index is 12.5. The maximum Gasteiger partial charge on any atom is 0.236 e. The van der Waals surface area contributed by atoms with Crippen LogP contribution in [0, 0.1) is 11.8 Å². The van der Waals surface area contributed by atoms with E-state index in [2.05, 4.69) is 0 Å². The molecule has 3 fully saturated rings. The molecule has 2 amide bonds. The van der Waals surface area contributed by atoms with E-state index in [4.69, 9.17) is 4.74 Å². The molecular weight excluding hydrogens is 230 g/mol. The van der Waals surface area contributed by atoms with Crippen molar-refractivity contribution in [1.82, 2.24) is 4.90 Å². The number of nitrogens with zero attached hydrogens (tertiary/aromatic N) is 1. The molecule has 4 heteroatoms. The molecule has 0 unspecified atom stereocenters. The van der Waals surface area contributed by atoms with E-state index in [1.54, 1.807) is 4.90 Å². The lowest BCUT2D eigenvalue weighted by Crippen LogP contribution is -2.43. The Morgan fingerprint density at radius 3 is 2.06 bits per heavy atom. The molecule has 1 aliphatic carbocycles. The summed E-state index contributed by atoms with van der Waals surface area (Å²) in [6, 6.07) is 0.156. The average Bonchev–Trinajstić information content (AvgIpc) is 3.05. The van der Waals surface area contributed by atoms with Crippen molar-refractivity contribution < 1.29 is 14.3 Å². The monoisotopic (exact) mass is 247 g/mol. The second-order valence-corrected chi connectivity index (χ2v) is 5.84. The highest BCUT2D eigenvalue weighted by Gasteiger charge is 2.61. The summed E-state index contributed by atoms with van der Waals surface area (Å²) in [6.45, 7) is 0. The summed E-state index contributed by atoms with van der Waals surface area (Å²) in [5.41, 5.74) is 0. The van der Waals surface area contributed by atoms with Gasteiger partial charge in [0.15, 0.2) is 0 Å². The lowest BCUT2D eigenvalue weighted by atomic mass is 9.85. The van der Waals surface area contributed by atoms with E-state index >= 15 is 0 Å². The van der Waals surface area contributed by atoms with Gasteiger partial charge < -0.3 is 4.74 Å². The maximum atomic E-state index is 12.5. The highest BCUT2D eigenvalue weighted by molar-refractivity contribution is 6.07. The van der Waals surface area contributed by atoms with Gasteiger partial charge in [0.05, 0.1) is 24.0 Å². The summed E-state index contributed by atoms with van der Waals surface area (Å²) in [5, 5.41) is 0. The largest absolute Gasteiger partial charge is 0.365 e. The van der Waals surface area contributed by atoms with Crippen LogP contribution >= 0.6 is 0 Å². The van der Waals surface area contributed by atoms with Gasteiger partial charge in [-0.25, -0.2) is 0 Å². The minimum atomic E-state index is -0.227. The Morgan fingerprint density at radius 1 is 0.944 bits per heavy atom. The Hall–Kier alpha value is -1.16. The standard InChI is InChI=1S/C14H17NO3/c16-13-11-9-6-7-10(18-9)12(11)14(17)15(13)8-4-2-1-3-5-8/h6-12H,1-5H2/t9-,10+,11-,12+. The van der Waals surface area contributed by atoms with Crippen molar-refractivity contribution in [2.75, 3.05) is 0 Å². The molecule has 3 heterocycles. The van der Waals surface area contributed by atoms with Gasteiger partial charge in [-0.2, -0.15) is 0 Å². The van der Waals surface area contributed by atoms with Crippen LogP contribution in [0.25, 0.3) is 0 Å². The predicted octanol–water partition coefficient (Wildman–Crippen LogP) is 1.26. The van der Waals surface area contributed by atoms with Gasteiger partial charge in [0.25, 0.3) is 0 Å². The number of likely N-dealkylation sites (tertiary alicyclic amines) is 1. The predicted molar refractivity (Wildman–Crippen MR) is 63.5 cm³/mol. The molecule has 0 aromatic rings. The number of carbonyl (C=O) groups excluding carboxylic acids is 2. The number of carbonyl (C=O) groups is 2. The van der Waals surface area contributed by atoms with Crippen molar-refractivity contribution in [1.29, 1.82) is 0 Å². The lowest BCUT2D eigenvalue weighted by Gasteiger charge is -2.30. The van der Waals surface area contributed by atoms with Crippen LogP contribution in [0.15, 0.2) is 12.2 Å². The van der Waals surface area contributed by atoms with Crippen LogP contribution < -0.4 is 0 Å². The van der Waals surface area contributed by atoms with Gasteiger partial charge in [-0.05, 0) is 12.8 Å². The van der Waals surface area contributed by atoms with E-state index in [1.165, 1.54) is 6.42 Å². The molecule has 1 saturated carbocycles. The minimum Gasteiger partial charge on any atom is -0.365 e. The fourth-order valence-electron chi connectivity index (χ4n) is 4.03. The van der Waals surface area contributed by atoms with Crippen molar-refractivity contribution in [3.05, 3.63) is 12.2 Å². The summed E-state index contributed by atoms with van der Waals surface area (Å²) in [6.07, 6.45) is 9.08. The van der Waals surface area contributed by atoms with E-state index in [0.29, 0.717) is 0 Å². The van der Waals surface area contributed by atoms with E-state index in [9.17, 15) is 9.59 Å². The summed E-state index contributed by atoms with van der Waals surface area (Å²) in [4.78, 5) is 26.5. The minimum absolute atomic E-state index is 0.0220. The molecule has 0 aromatic carbocycles. The topological polar surface area (TPSA) is 46.6 Å². The molecule has 2 bridgehead atoms. The third-order valence-corrected chi connectivity index (χ3v) is 4.88. The molecule has 0 N–H and O–H groups in total. The molecule has 18 heavy (non-hydrogen) atoms. The number of fused-ring (bicyclic) bond motifs is 5. The molecule has 0 radical (unpaired) electrons. The molecular formula is C14H17NO3. The average molecular weight is 247 g/mol. The fraction of sp³-hybridized carbons (Fsp3) is 0.714. The normalized spacial score (nSPS) is 43.0. The molecule has 0 spiro atoms. The SMILES string of the molecule is O=C1[C@@H]2[C@H](C(=O)N1C1CCCCC1)[C@H]1C=C[C@@H]2O1. The molecule has 0 aromatic heterocycles. The van der Waals surface area contributed by atoms with Crippen LogP contribution in [0.2, 0.25) is 0 Å². The summed E-state index contributed by atoms with van der Waals surface area (Å²) >= 11 is 0. The Kier molecular flexibility index (Phi) is 2.19. The van der Waals surface area contributed by atoms with Crippen LogP contribution in [0.5, 0.6) is 0 Å². The quantitative estimate of drug-likeness (QED) is 0.517. The zero-order valence-corrected chi connectivity index (χ0v) is 10.2. The van der Waals surface area contributed by atoms with Gasteiger partial charge in [0.2, 0.25) is 11.8 Å². The number of imide groups is 1. The van der Waals surface area contributed by atoms with Crippen LogP contribution in [-0.2, 0) is 14.3 Å². The van der Waals surface area contributed by atoms with Gasteiger partial charge in [-0.3, -0.25) is 14.5 Å². The first kappa shape index (κ1) is 10.7. The van der Waals surface area contributed by atoms with Gasteiger partial charge in [0, 0.05) is 6.04 Å². The molecule has 3 aliphatic heterocycles. The van der Waals surface area contributed by atoms with Gasteiger partial charge in [-0.1, -0.05) is 31.4 Å². The van der Waals surface area contributed by atoms with Crippen LogP contribution in [0.3, 0.4) is 0 Å². The fourth-order valence-corrected chi connectivity index (χ4v) is 4.03. The van der Waals surface area contributed by atoms with Gasteiger partial charge in [0.1, 0.15) is 0 Å². The molecule has 4 atom stereocenters. The first-order valence-electron chi connectivity index (χ1n) is 6.98. The molecule has 4 rings (SSSR count). The number of rotatable bonds is 1. The highest BCUT2D eigenvalue weighted by atomic mass is 16.5. The van der Waals surface area contributed by atoms with Crippen LogP contribution in [-0.4, -0.2) is 35.0 Å². The number of hydrogen-bond donors (Lipinski definition) is 0. The van der Waals surface area contributed by atoms with Crippen molar-refractivity contribution >= 4 is 11.8 Å².